The molecule has 81 heavy (non-hydrogen) atoms. The summed E-state index contributed by atoms with van der Waals surface area (Å²) < 4.78 is 7.86. The van der Waals surface area contributed by atoms with Gasteiger partial charge in [0.05, 0.1) is 11.4 Å². The van der Waals surface area contributed by atoms with Crippen molar-refractivity contribution in [1.82, 2.24) is 0 Å². The van der Waals surface area contributed by atoms with Gasteiger partial charge in [0.15, 0.2) is 0 Å². The summed E-state index contributed by atoms with van der Waals surface area (Å²) in [5.74, 6) is 0. The number of rotatable bonds is 2. The average molecular weight is 1150 g/mol. The van der Waals surface area contributed by atoms with Crippen LogP contribution < -0.4 is 24.8 Å². The SMILES string of the molecule is CC1(C)c2ccc3sc4c(c3c2)N(c2cc(cc(-c3cc5ccccc5s3)c2)C2=Cc3ccccc3[SH]21)c1cccc2c1B4c1sc3ccc4cc3c1N2c1cc(cc(-c2cc3ccccc3s2)c1)C1=Cc2ccccc2[SH]1C4(C)C. The van der Waals surface area contributed by atoms with Crippen molar-refractivity contribution < 1.29 is 0 Å². The highest BCUT2D eigenvalue weighted by atomic mass is 32.2. The van der Waals surface area contributed by atoms with Gasteiger partial charge >= 0.3 is 0 Å². The van der Waals surface area contributed by atoms with Gasteiger partial charge in [-0.15, -0.1) is 45.3 Å². The number of fused-ring (bicyclic) bond motifs is 22. The Bertz CT molecular complexity index is 4700. The van der Waals surface area contributed by atoms with E-state index >= 15 is 0 Å². The largest absolute Gasteiger partial charge is 0.310 e. The number of benzene rings is 9. The van der Waals surface area contributed by atoms with Gasteiger partial charge in [-0.05, 0) is 220 Å². The molecule has 13 aromatic rings. The van der Waals surface area contributed by atoms with Gasteiger partial charge < -0.3 is 9.80 Å². The maximum Gasteiger partial charge on any atom is 0.277 e. The van der Waals surface area contributed by atoms with E-state index in [9.17, 15) is 0 Å². The first-order valence-corrected chi connectivity index (χ1v) is 33.9. The van der Waals surface area contributed by atoms with Gasteiger partial charge in [-0.2, -0.15) is 21.8 Å². The van der Waals surface area contributed by atoms with E-state index in [1.807, 2.05) is 45.3 Å². The minimum absolute atomic E-state index is 0.0267. The van der Waals surface area contributed by atoms with Crippen molar-refractivity contribution in [3.8, 4) is 20.9 Å². The first-order valence-electron chi connectivity index (χ1n) is 28.0. The Morgan fingerprint density at radius 1 is 0.395 bits per heavy atom. The van der Waals surface area contributed by atoms with E-state index < -0.39 is 21.8 Å². The number of thiol groups is 2. The average Bonchev–Trinajstić information content (AvgIpc) is 4.43. The highest BCUT2D eigenvalue weighted by molar-refractivity contribution is 8.26. The summed E-state index contributed by atoms with van der Waals surface area (Å²) in [6.07, 6.45) is 5.08. The molecule has 0 saturated carbocycles. The molecule has 0 radical (unpaired) electrons. The normalized spacial score (nSPS) is 18.8. The molecule has 2 atom stereocenters. The lowest BCUT2D eigenvalue weighted by Crippen LogP contribution is -2.59. The lowest BCUT2D eigenvalue weighted by molar-refractivity contribution is 0.779. The Balaban J connectivity index is 0.925. The molecular weight excluding hydrogens is 1100 g/mol. The van der Waals surface area contributed by atoms with Crippen molar-refractivity contribution in [2.75, 3.05) is 9.80 Å². The predicted octanol–water partition coefficient (Wildman–Crippen LogP) is 20.2. The molecule has 6 aliphatic rings. The van der Waals surface area contributed by atoms with Crippen molar-refractivity contribution in [2.45, 2.75) is 47.0 Å². The van der Waals surface area contributed by atoms with Crippen molar-refractivity contribution in [3.05, 3.63) is 234 Å². The number of anilines is 6. The van der Waals surface area contributed by atoms with E-state index in [1.165, 1.54) is 163 Å². The molecule has 10 heterocycles. The molecule has 19 rings (SSSR count). The quantitative estimate of drug-likeness (QED) is 0.132. The zero-order valence-electron chi connectivity index (χ0n) is 44.7. The molecular formula is C72H49BN2S6. The zero-order chi connectivity index (χ0) is 53.4. The van der Waals surface area contributed by atoms with Crippen LogP contribution in [0.15, 0.2) is 210 Å². The maximum atomic E-state index is 2.72. The fourth-order valence-corrected chi connectivity index (χ4v) is 25.8. The Morgan fingerprint density at radius 2 is 0.840 bits per heavy atom. The molecule has 0 amide bonds. The van der Waals surface area contributed by atoms with E-state index in [2.05, 4.69) is 250 Å². The molecule has 2 nitrogen and oxygen atoms in total. The molecule has 0 aliphatic carbocycles. The van der Waals surface area contributed by atoms with Crippen LogP contribution in [0.1, 0.15) is 61.1 Å². The summed E-state index contributed by atoms with van der Waals surface area (Å²) in [6.45, 7) is 10.1. The van der Waals surface area contributed by atoms with Crippen LogP contribution >= 0.6 is 67.1 Å². The summed E-state index contributed by atoms with van der Waals surface area (Å²) in [6, 6.07) is 78.8. The minimum atomic E-state index is -0.810. The van der Waals surface area contributed by atoms with Gasteiger partial charge in [-0.1, -0.05) is 91.0 Å². The summed E-state index contributed by atoms with van der Waals surface area (Å²) >= 11 is 7.88. The summed E-state index contributed by atoms with van der Waals surface area (Å²) in [4.78, 5) is 13.9. The van der Waals surface area contributed by atoms with E-state index in [1.54, 1.807) is 0 Å². The van der Waals surface area contributed by atoms with Crippen LogP contribution in [0, 0.1) is 0 Å². The van der Waals surface area contributed by atoms with E-state index in [0.717, 1.165) is 0 Å². The Morgan fingerprint density at radius 3 is 1.32 bits per heavy atom. The first kappa shape index (κ1) is 46.3. The van der Waals surface area contributed by atoms with Gasteiger partial charge in [0.2, 0.25) is 0 Å². The van der Waals surface area contributed by atoms with Crippen molar-refractivity contribution in [2.24, 2.45) is 0 Å². The molecule has 386 valence electrons. The summed E-state index contributed by atoms with van der Waals surface area (Å²) in [7, 11) is -1.62. The van der Waals surface area contributed by atoms with Crippen molar-refractivity contribution in [3.63, 3.8) is 0 Å². The van der Waals surface area contributed by atoms with E-state index in [4.69, 9.17) is 0 Å². The van der Waals surface area contributed by atoms with Crippen LogP contribution in [-0.2, 0) is 9.49 Å². The highest BCUT2D eigenvalue weighted by Crippen LogP contribution is 2.70. The van der Waals surface area contributed by atoms with Crippen LogP contribution in [0.25, 0.3) is 83.2 Å². The molecule has 0 N–H and O–H groups in total. The first-order chi connectivity index (χ1) is 39.6. The van der Waals surface area contributed by atoms with Crippen LogP contribution in [0.3, 0.4) is 0 Å². The lowest BCUT2D eigenvalue weighted by atomic mass is 9.39. The lowest BCUT2D eigenvalue weighted by Gasteiger charge is -2.42. The van der Waals surface area contributed by atoms with E-state index in [0.29, 0.717) is 0 Å². The Labute approximate surface area is 492 Å². The summed E-state index contributed by atoms with van der Waals surface area (Å²) in [5.41, 5.74) is 19.7. The Hall–Kier alpha value is -7.34. The summed E-state index contributed by atoms with van der Waals surface area (Å²) in [5, 5.41) is 5.29. The smallest absolute Gasteiger partial charge is 0.277 e. The second-order valence-corrected chi connectivity index (χ2v) is 33.5. The van der Waals surface area contributed by atoms with Crippen LogP contribution in [0.5, 0.6) is 0 Å². The minimum Gasteiger partial charge on any atom is -0.310 e. The number of thiophene rings is 4. The standard InChI is InChI=1S/C72H49BN2S6/c1-71(2)48-24-26-58-52(38-48)67-69(78-58)73-66-54(74(67)50-30-44(60-34-40-14-5-9-20-56(40)76-60)28-46(32-50)64-36-42-16-7-11-22-62(42)80(64)71)18-13-19-55(66)75-51-31-45(61-35-41-15-6-10-21-57(41)77-61)29-47(33-51)65-37-43-17-8-12-23-63(43)81(65)72(3,4)49-25-27-59-53(39-49)68(75)70(73)79-59/h5-39,80-81H,1-4H3. The molecule has 2 unspecified atom stereocenters. The van der Waals surface area contributed by atoms with E-state index in [-0.39, 0.29) is 16.2 Å². The van der Waals surface area contributed by atoms with Crippen LogP contribution in [-0.4, -0.2) is 6.71 Å². The van der Waals surface area contributed by atoms with Crippen LogP contribution in [0.4, 0.5) is 34.1 Å². The molecule has 0 fully saturated rings. The maximum absolute atomic E-state index is 2.72. The highest BCUT2D eigenvalue weighted by Gasteiger charge is 2.49. The number of hydrogen-bond acceptors (Lipinski definition) is 6. The fraction of sp³-hybridized carbons (Fsp3) is 0.0833. The molecule has 8 bridgehead atoms. The third-order valence-electron chi connectivity index (χ3n) is 18.5. The van der Waals surface area contributed by atoms with Gasteiger partial charge in [0.25, 0.3) is 6.71 Å². The van der Waals surface area contributed by atoms with Gasteiger partial charge in [-0.25, -0.2) is 0 Å². The van der Waals surface area contributed by atoms with Gasteiger partial charge in [-0.3, -0.25) is 0 Å². The van der Waals surface area contributed by atoms with Crippen LogP contribution in [0.2, 0.25) is 0 Å². The molecule has 0 saturated heterocycles. The number of hydrogen-bond donors (Lipinski definition) is 2. The third-order valence-corrected chi connectivity index (χ3v) is 29.5. The zero-order valence-corrected chi connectivity index (χ0v) is 49.8. The molecule has 9 heteroatoms. The second-order valence-electron chi connectivity index (χ2n) is 23.7. The number of nitrogens with zero attached hydrogens (tertiary/aromatic N) is 2. The molecule has 0 spiro atoms. The van der Waals surface area contributed by atoms with Crippen molar-refractivity contribution >= 4 is 185 Å². The topological polar surface area (TPSA) is 6.48 Å². The molecule has 4 aromatic heterocycles. The predicted molar refractivity (Wildman–Crippen MR) is 362 cm³/mol. The monoisotopic (exact) mass is 1140 g/mol. The van der Waals surface area contributed by atoms with Crippen molar-refractivity contribution in [1.29, 1.82) is 0 Å². The molecule has 9 aromatic carbocycles. The van der Waals surface area contributed by atoms with Gasteiger partial charge in [0.1, 0.15) is 0 Å². The fourth-order valence-electron chi connectivity index (χ4n) is 14.7. The molecule has 6 aliphatic heterocycles. The Kier molecular flexibility index (Phi) is 9.27. The van der Waals surface area contributed by atoms with Gasteiger partial charge in [0, 0.05) is 90.9 Å². The second kappa shape index (κ2) is 16.2. The third kappa shape index (κ3) is 6.26.